The SMILES string of the molecule is Cc1ccc([NH-])c(N)c1.Cc1ccc([NH-])c(N)c1.[Ni+2]. The van der Waals surface area contributed by atoms with Crippen molar-refractivity contribution in [2.75, 3.05) is 11.5 Å². The zero-order valence-corrected chi connectivity index (χ0v) is 11.9. The molecule has 0 saturated carbocycles. The van der Waals surface area contributed by atoms with Crippen molar-refractivity contribution in [2.24, 2.45) is 0 Å². The molecule has 104 valence electrons. The molecule has 0 unspecified atom stereocenters. The zero-order valence-electron chi connectivity index (χ0n) is 10.9. The van der Waals surface area contributed by atoms with Crippen LogP contribution in [0.1, 0.15) is 11.1 Å². The fourth-order valence-electron chi connectivity index (χ4n) is 1.36. The number of rotatable bonds is 0. The molecule has 5 heteroatoms. The predicted octanol–water partition coefficient (Wildman–Crippen LogP) is 4.52. The molecule has 0 spiro atoms. The van der Waals surface area contributed by atoms with Crippen LogP contribution in [0.2, 0.25) is 0 Å². The number of nitrogen functional groups attached to an aromatic ring is 2. The summed E-state index contributed by atoms with van der Waals surface area (Å²) in [5.74, 6) is 0. The number of nitrogens with two attached hydrogens (primary N) is 2. The zero-order chi connectivity index (χ0) is 13.7. The third-order valence-corrected chi connectivity index (χ3v) is 2.41. The van der Waals surface area contributed by atoms with Crippen LogP contribution in [0, 0.1) is 13.8 Å². The number of aryl methyl sites for hydroxylation is 2. The molecule has 0 amide bonds. The Balaban J connectivity index is 0.000000324. The monoisotopic (exact) mass is 300 g/mol. The Morgan fingerprint density at radius 3 is 1.26 bits per heavy atom. The average molecular weight is 301 g/mol. The second kappa shape index (κ2) is 7.54. The van der Waals surface area contributed by atoms with Crippen LogP contribution >= 0.6 is 0 Å². The summed E-state index contributed by atoms with van der Waals surface area (Å²) in [5.41, 5.74) is 29.4. The van der Waals surface area contributed by atoms with E-state index in [2.05, 4.69) is 0 Å². The standard InChI is InChI=1S/2C7H9N2.Ni/c2*1-5-2-3-6(8)7(9)4-5;/h2*2-4,8H,9H2,1H3;/q2*-1;+2. The first-order valence-corrected chi connectivity index (χ1v) is 5.55. The van der Waals surface area contributed by atoms with E-state index in [0.29, 0.717) is 22.7 Å². The molecule has 0 atom stereocenters. The van der Waals surface area contributed by atoms with Gasteiger partial charge >= 0.3 is 16.5 Å². The third-order valence-electron chi connectivity index (χ3n) is 2.41. The summed E-state index contributed by atoms with van der Waals surface area (Å²) in [5, 5.41) is 0. The van der Waals surface area contributed by atoms with Crippen molar-refractivity contribution < 1.29 is 16.5 Å². The first-order valence-electron chi connectivity index (χ1n) is 5.55. The molecule has 0 aliphatic heterocycles. The Morgan fingerprint density at radius 2 is 1.05 bits per heavy atom. The Morgan fingerprint density at radius 1 is 0.737 bits per heavy atom. The van der Waals surface area contributed by atoms with E-state index in [-0.39, 0.29) is 16.5 Å². The molecule has 2 rings (SSSR count). The van der Waals surface area contributed by atoms with Gasteiger partial charge in [-0.3, -0.25) is 0 Å². The number of nitrogens with one attached hydrogen (secondary N) is 2. The van der Waals surface area contributed by atoms with Gasteiger partial charge in [0.2, 0.25) is 0 Å². The summed E-state index contributed by atoms with van der Waals surface area (Å²) in [6.07, 6.45) is 0. The van der Waals surface area contributed by atoms with Crippen molar-refractivity contribution in [1.82, 2.24) is 0 Å². The van der Waals surface area contributed by atoms with Gasteiger partial charge in [0.15, 0.2) is 0 Å². The third kappa shape index (κ3) is 5.53. The van der Waals surface area contributed by atoms with Crippen LogP contribution < -0.4 is 11.5 Å². The normalized spacial score (nSPS) is 8.95. The summed E-state index contributed by atoms with van der Waals surface area (Å²) >= 11 is 0. The van der Waals surface area contributed by atoms with Crippen LogP contribution in [-0.2, 0) is 16.5 Å². The summed E-state index contributed by atoms with van der Waals surface area (Å²) < 4.78 is 0. The maximum Gasteiger partial charge on any atom is 2.00 e. The van der Waals surface area contributed by atoms with Gasteiger partial charge in [0, 0.05) is 11.4 Å². The molecule has 19 heavy (non-hydrogen) atoms. The molecular weight excluding hydrogens is 283 g/mol. The molecule has 0 radical (unpaired) electrons. The second-order valence-corrected chi connectivity index (χ2v) is 4.18. The molecule has 6 N–H and O–H groups in total. The minimum Gasteiger partial charge on any atom is -0.697 e. The second-order valence-electron chi connectivity index (χ2n) is 4.18. The van der Waals surface area contributed by atoms with Gasteiger partial charge in [-0.2, -0.15) is 0 Å². The summed E-state index contributed by atoms with van der Waals surface area (Å²) in [7, 11) is 0. The van der Waals surface area contributed by atoms with E-state index in [1.807, 2.05) is 26.0 Å². The number of hydrogen-bond donors (Lipinski definition) is 2. The van der Waals surface area contributed by atoms with Crippen molar-refractivity contribution in [3.8, 4) is 0 Å². The van der Waals surface area contributed by atoms with E-state index in [9.17, 15) is 0 Å². The minimum absolute atomic E-state index is 0. The molecule has 0 heterocycles. The number of hydrogen-bond acceptors (Lipinski definition) is 2. The largest absolute Gasteiger partial charge is 2.00 e. The number of benzene rings is 2. The van der Waals surface area contributed by atoms with Crippen LogP contribution in [0.25, 0.3) is 11.5 Å². The summed E-state index contributed by atoms with van der Waals surface area (Å²) in [4.78, 5) is 0. The molecule has 0 aliphatic rings. The number of anilines is 2. The van der Waals surface area contributed by atoms with Gasteiger partial charge < -0.3 is 22.9 Å². The summed E-state index contributed by atoms with van der Waals surface area (Å²) in [6, 6.07) is 10.7. The van der Waals surface area contributed by atoms with Crippen LogP contribution in [0.5, 0.6) is 0 Å². The molecule has 4 nitrogen and oxygen atoms in total. The van der Waals surface area contributed by atoms with Crippen LogP contribution in [0.3, 0.4) is 0 Å². The molecule has 2 aromatic carbocycles. The summed E-state index contributed by atoms with van der Waals surface area (Å²) in [6.45, 7) is 3.91. The van der Waals surface area contributed by atoms with Gasteiger partial charge in [0.05, 0.1) is 0 Å². The quantitative estimate of drug-likeness (QED) is 0.552. The smallest absolute Gasteiger partial charge is 0.697 e. The first kappa shape index (κ1) is 17.1. The maximum absolute atomic E-state index is 7.19. The minimum atomic E-state index is 0. The van der Waals surface area contributed by atoms with Gasteiger partial charge in [-0.1, -0.05) is 24.3 Å². The molecule has 0 fully saturated rings. The van der Waals surface area contributed by atoms with Crippen molar-refractivity contribution in [1.29, 1.82) is 0 Å². The van der Waals surface area contributed by atoms with Gasteiger partial charge in [0.25, 0.3) is 0 Å². The van der Waals surface area contributed by atoms with Gasteiger partial charge in [0.1, 0.15) is 0 Å². The van der Waals surface area contributed by atoms with E-state index < -0.39 is 0 Å². The fraction of sp³-hybridized carbons (Fsp3) is 0.143. The Bertz CT molecular complexity index is 491. The van der Waals surface area contributed by atoms with Crippen LogP contribution in [-0.4, -0.2) is 0 Å². The van der Waals surface area contributed by atoms with Crippen LogP contribution in [0.4, 0.5) is 22.7 Å². The molecule has 2 aromatic rings. The molecule has 0 bridgehead atoms. The van der Waals surface area contributed by atoms with E-state index >= 15 is 0 Å². The predicted molar refractivity (Wildman–Crippen MR) is 79.1 cm³/mol. The first-order chi connectivity index (χ1) is 8.40. The molecule has 0 aromatic heterocycles. The van der Waals surface area contributed by atoms with Crippen LogP contribution in [0.15, 0.2) is 36.4 Å². The molecule has 0 aliphatic carbocycles. The van der Waals surface area contributed by atoms with E-state index in [0.717, 1.165) is 11.1 Å². The van der Waals surface area contributed by atoms with Gasteiger partial charge in [-0.25, -0.2) is 0 Å². The van der Waals surface area contributed by atoms with E-state index in [4.69, 9.17) is 22.9 Å². The van der Waals surface area contributed by atoms with Crippen molar-refractivity contribution in [3.05, 3.63) is 59.0 Å². The van der Waals surface area contributed by atoms with E-state index in [1.165, 1.54) is 0 Å². The van der Waals surface area contributed by atoms with Crippen molar-refractivity contribution in [3.63, 3.8) is 0 Å². The molecular formula is C14H18N4Ni. The Labute approximate surface area is 124 Å². The van der Waals surface area contributed by atoms with Crippen molar-refractivity contribution >= 4 is 22.7 Å². The van der Waals surface area contributed by atoms with Crippen molar-refractivity contribution in [2.45, 2.75) is 13.8 Å². The topological polar surface area (TPSA) is 99.6 Å². The Hall–Kier alpha value is -1.87. The van der Waals surface area contributed by atoms with Gasteiger partial charge in [-0.05, 0) is 37.1 Å². The van der Waals surface area contributed by atoms with E-state index in [1.54, 1.807) is 24.3 Å². The fourth-order valence-corrected chi connectivity index (χ4v) is 1.36. The molecule has 0 saturated heterocycles. The average Bonchev–Trinajstić information content (AvgIpc) is 2.30. The van der Waals surface area contributed by atoms with Gasteiger partial charge in [-0.15, -0.1) is 11.4 Å². The maximum atomic E-state index is 7.19. The Kier molecular flexibility index (Phi) is 6.80.